The first-order valence-electron chi connectivity index (χ1n) is 8.69. The molecule has 0 aromatic heterocycles. The van der Waals surface area contributed by atoms with Gasteiger partial charge in [0.2, 0.25) is 0 Å². The average molecular weight is 370 g/mol. The summed E-state index contributed by atoms with van der Waals surface area (Å²) in [6.45, 7) is 1.21. The number of piperidine rings is 1. The van der Waals surface area contributed by atoms with Crippen LogP contribution in [0.4, 0.5) is 4.79 Å². The highest BCUT2D eigenvalue weighted by atomic mass is 32.2. The van der Waals surface area contributed by atoms with E-state index in [4.69, 9.17) is 0 Å². The molecule has 136 valence electrons. The van der Waals surface area contributed by atoms with E-state index in [1.165, 1.54) is 6.08 Å². The minimum atomic E-state index is -3.81. The predicted octanol–water partition coefficient (Wildman–Crippen LogP) is 3.85. The first-order chi connectivity index (χ1) is 12.5. The van der Waals surface area contributed by atoms with E-state index in [0.717, 1.165) is 41.4 Å². The van der Waals surface area contributed by atoms with Crippen LogP contribution in [-0.2, 0) is 10.0 Å². The number of amides is 2. The molecular formula is C20H22N2O3S. The third-order valence-corrected chi connectivity index (χ3v) is 5.28. The van der Waals surface area contributed by atoms with Crippen LogP contribution in [0.3, 0.4) is 0 Å². The molecule has 0 radical (unpaired) electrons. The number of hydrogen-bond acceptors (Lipinski definition) is 3. The van der Waals surface area contributed by atoms with Crippen molar-refractivity contribution in [1.29, 1.82) is 0 Å². The molecule has 0 aliphatic carbocycles. The van der Waals surface area contributed by atoms with Crippen LogP contribution in [0.25, 0.3) is 17.2 Å². The lowest BCUT2D eigenvalue weighted by Gasteiger charge is -2.26. The van der Waals surface area contributed by atoms with Crippen LogP contribution in [0.15, 0.2) is 60.0 Å². The topological polar surface area (TPSA) is 66.5 Å². The minimum absolute atomic E-state index is 0.547. The van der Waals surface area contributed by atoms with Gasteiger partial charge in [-0.3, -0.25) is 0 Å². The van der Waals surface area contributed by atoms with Crippen molar-refractivity contribution in [2.24, 2.45) is 0 Å². The molecule has 6 heteroatoms. The van der Waals surface area contributed by atoms with Crippen molar-refractivity contribution in [2.45, 2.75) is 19.3 Å². The minimum Gasteiger partial charge on any atom is -0.324 e. The van der Waals surface area contributed by atoms with Crippen molar-refractivity contribution in [2.75, 3.05) is 13.1 Å². The lowest BCUT2D eigenvalue weighted by molar-refractivity contribution is 0.192. The molecule has 1 heterocycles. The number of nitrogens with one attached hydrogen (secondary N) is 1. The zero-order valence-corrected chi connectivity index (χ0v) is 15.3. The maximum Gasteiger partial charge on any atom is 0.331 e. The molecule has 2 amide bonds. The zero-order chi connectivity index (χ0) is 18.4. The van der Waals surface area contributed by atoms with Crippen molar-refractivity contribution < 1.29 is 13.2 Å². The largest absolute Gasteiger partial charge is 0.331 e. The number of sulfonamides is 1. The van der Waals surface area contributed by atoms with E-state index in [1.807, 2.05) is 54.6 Å². The molecule has 26 heavy (non-hydrogen) atoms. The summed E-state index contributed by atoms with van der Waals surface area (Å²) >= 11 is 0. The Balaban J connectivity index is 1.63. The first-order valence-corrected chi connectivity index (χ1v) is 10.2. The number of carbonyl (C=O) groups excluding carboxylic acids is 1. The summed E-state index contributed by atoms with van der Waals surface area (Å²) in [7, 11) is -3.81. The maximum absolute atomic E-state index is 12.1. The number of rotatable bonds is 4. The summed E-state index contributed by atoms with van der Waals surface area (Å²) in [5, 5.41) is 1.03. The summed E-state index contributed by atoms with van der Waals surface area (Å²) in [6.07, 6.45) is 4.39. The van der Waals surface area contributed by atoms with Gasteiger partial charge in [-0.2, -0.15) is 0 Å². The smallest absolute Gasteiger partial charge is 0.324 e. The number of urea groups is 1. The molecule has 1 saturated heterocycles. The van der Waals surface area contributed by atoms with Gasteiger partial charge in [0, 0.05) is 13.1 Å². The molecule has 2 aromatic carbocycles. The van der Waals surface area contributed by atoms with Gasteiger partial charge < -0.3 is 4.90 Å². The highest BCUT2D eigenvalue weighted by molar-refractivity contribution is 7.93. The van der Waals surface area contributed by atoms with E-state index in [0.29, 0.717) is 13.1 Å². The average Bonchev–Trinajstić information content (AvgIpc) is 2.68. The second-order valence-corrected chi connectivity index (χ2v) is 7.86. The van der Waals surface area contributed by atoms with Crippen LogP contribution in [0, 0.1) is 0 Å². The molecule has 0 saturated carbocycles. The fraction of sp³-hybridized carbons (Fsp3) is 0.250. The van der Waals surface area contributed by atoms with Crippen molar-refractivity contribution in [3.8, 4) is 11.1 Å². The quantitative estimate of drug-likeness (QED) is 0.889. The Kier molecular flexibility index (Phi) is 5.73. The van der Waals surface area contributed by atoms with Crippen LogP contribution in [0.5, 0.6) is 0 Å². The Bertz CT molecular complexity index is 869. The van der Waals surface area contributed by atoms with Gasteiger partial charge in [-0.25, -0.2) is 17.9 Å². The fourth-order valence-electron chi connectivity index (χ4n) is 2.90. The molecule has 0 spiro atoms. The van der Waals surface area contributed by atoms with Gasteiger partial charge in [-0.15, -0.1) is 0 Å². The number of carbonyl (C=O) groups is 1. The van der Waals surface area contributed by atoms with Crippen LogP contribution >= 0.6 is 0 Å². The van der Waals surface area contributed by atoms with Crippen LogP contribution < -0.4 is 4.72 Å². The molecule has 0 unspecified atom stereocenters. The van der Waals surface area contributed by atoms with Crippen molar-refractivity contribution in [3.05, 3.63) is 65.6 Å². The number of likely N-dealkylation sites (tertiary alicyclic amines) is 1. The molecule has 1 aliphatic heterocycles. The van der Waals surface area contributed by atoms with E-state index in [-0.39, 0.29) is 0 Å². The van der Waals surface area contributed by atoms with Gasteiger partial charge in [-0.05, 0) is 42.0 Å². The molecule has 3 rings (SSSR count). The normalized spacial score (nSPS) is 15.2. The van der Waals surface area contributed by atoms with Gasteiger partial charge >= 0.3 is 6.03 Å². The Morgan fingerprint density at radius 2 is 1.50 bits per heavy atom. The van der Waals surface area contributed by atoms with Gasteiger partial charge in [0.15, 0.2) is 0 Å². The van der Waals surface area contributed by atoms with E-state index in [1.54, 1.807) is 4.90 Å². The first kappa shape index (κ1) is 18.2. The summed E-state index contributed by atoms with van der Waals surface area (Å²) < 4.78 is 26.3. The second-order valence-electron chi connectivity index (χ2n) is 6.29. The SMILES string of the molecule is O=C(NS(=O)(=O)/C=C/c1ccc(-c2ccccc2)cc1)N1CCCCC1. The monoisotopic (exact) mass is 370 g/mol. The van der Waals surface area contributed by atoms with Gasteiger partial charge in [0.25, 0.3) is 10.0 Å². The van der Waals surface area contributed by atoms with Crippen LogP contribution in [-0.4, -0.2) is 32.4 Å². The Morgan fingerprint density at radius 1 is 0.885 bits per heavy atom. The van der Waals surface area contributed by atoms with Gasteiger partial charge in [0.1, 0.15) is 0 Å². The van der Waals surface area contributed by atoms with Gasteiger partial charge in [0.05, 0.1) is 5.41 Å². The summed E-state index contributed by atoms with van der Waals surface area (Å²) in [5.74, 6) is 0. The molecule has 1 N–H and O–H groups in total. The molecule has 0 atom stereocenters. The van der Waals surface area contributed by atoms with Crippen molar-refractivity contribution in [1.82, 2.24) is 9.62 Å². The summed E-state index contributed by atoms with van der Waals surface area (Å²) in [5.41, 5.74) is 2.91. The standard InChI is InChI=1S/C20H22N2O3S/c23-20(22-14-5-2-6-15-22)21-26(24,25)16-13-17-9-11-19(12-10-17)18-7-3-1-4-8-18/h1,3-4,7-13,16H,2,5-6,14-15H2,(H,21,23)/b16-13+. The third-order valence-electron chi connectivity index (χ3n) is 4.33. The zero-order valence-electron chi connectivity index (χ0n) is 14.5. The van der Waals surface area contributed by atoms with Crippen molar-refractivity contribution >= 4 is 22.1 Å². The predicted molar refractivity (Wildman–Crippen MR) is 104 cm³/mol. The Morgan fingerprint density at radius 3 is 2.15 bits per heavy atom. The molecule has 2 aromatic rings. The lowest BCUT2D eigenvalue weighted by atomic mass is 10.0. The summed E-state index contributed by atoms with van der Waals surface area (Å²) in [4.78, 5) is 13.6. The molecule has 0 bridgehead atoms. The third kappa shape index (κ3) is 4.95. The molecule has 1 aliphatic rings. The Hall–Kier alpha value is -2.60. The second kappa shape index (κ2) is 8.19. The number of benzene rings is 2. The lowest BCUT2D eigenvalue weighted by Crippen LogP contribution is -2.44. The molecule has 5 nitrogen and oxygen atoms in total. The highest BCUT2D eigenvalue weighted by Crippen LogP contribution is 2.19. The maximum atomic E-state index is 12.1. The fourth-order valence-corrected chi connectivity index (χ4v) is 3.68. The van der Waals surface area contributed by atoms with Crippen molar-refractivity contribution in [3.63, 3.8) is 0 Å². The number of nitrogens with zero attached hydrogens (tertiary/aromatic N) is 1. The van der Waals surface area contributed by atoms with Crippen LogP contribution in [0.2, 0.25) is 0 Å². The number of hydrogen-bond donors (Lipinski definition) is 1. The Labute approximate surface area is 154 Å². The van der Waals surface area contributed by atoms with Crippen LogP contribution in [0.1, 0.15) is 24.8 Å². The van der Waals surface area contributed by atoms with E-state index in [2.05, 4.69) is 4.72 Å². The van der Waals surface area contributed by atoms with E-state index < -0.39 is 16.1 Å². The summed E-state index contributed by atoms with van der Waals surface area (Å²) in [6, 6.07) is 17.0. The van der Waals surface area contributed by atoms with E-state index >= 15 is 0 Å². The molecule has 1 fully saturated rings. The van der Waals surface area contributed by atoms with E-state index in [9.17, 15) is 13.2 Å². The molecular weight excluding hydrogens is 348 g/mol. The van der Waals surface area contributed by atoms with Gasteiger partial charge in [-0.1, -0.05) is 54.6 Å². The highest BCUT2D eigenvalue weighted by Gasteiger charge is 2.20.